The Kier molecular flexibility index (Phi) is 6.40. The van der Waals surface area contributed by atoms with Gasteiger partial charge in [-0.15, -0.1) is 0 Å². The monoisotopic (exact) mass is 308 g/mol. The minimum atomic E-state index is 0.460. The molecule has 0 spiro atoms. The van der Waals surface area contributed by atoms with Gasteiger partial charge in [0.1, 0.15) is 5.75 Å². The van der Waals surface area contributed by atoms with Gasteiger partial charge in [-0.2, -0.15) is 11.8 Å². The summed E-state index contributed by atoms with van der Waals surface area (Å²) in [6.45, 7) is 4.44. The van der Waals surface area contributed by atoms with Gasteiger partial charge in [0.05, 0.1) is 7.11 Å². The molecule has 1 N–H and O–H groups in total. The van der Waals surface area contributed by atoms with Crippen LogP contribution in [-0.2, 0) is 6.42 Å². The highest BCUT2D eigenvalue weighted by molar-refractivity contribution is 8.00. The van der Waals surface area contributed by atoms with E-state index >= 15 is 0 Å². The number of fused-ring (bicyclic) bond motifs is 1. The predicted octanol–water partition coefficient (Wildman–Crippen LogP) is 2.96. The van der Waals surface area contributed by atoms with Crippen molar-refractivity contribution >= 4 is 11.8 Å². The van der Waals surface area contributed by atoms with Gasteiger partial charge >= 0.3 is 0 Å². The van der Waals surface area contributed by atoms with E-state index < -0.39 is 0 Å². The number of methoxy groups -OCH3 is 1. The summed E-state index contributed by atoms with van der Waals surface area (Å²) in [5.41, 5.74) is 2.91. The number of benzene rings is 1. The number of hydrogen-bond donors (Lipinski definition) is 1. The zero-order valence-electron chi connectivity index (χ0n) is 13.7. The first kappa shape index (κ1) is 16.7. The molecule has 0 amide bonds. The number of nitrogens with one attached hydrogen (secondary N) is 1. The predicted molar refractivity (Wildman–Crippen MR) is 92.5 cm³/mol. The summed E-state index contributed by atoms with van der Waals surface area (Å²) in [6, 6.07) is 7.00. The molecule has 2 unspecified atom stereocenters. The fourth-order valence-electron chi connectivity index (χ4n) is 2.79. The molecule has 1 aromatic carbocycles. The summed E-state index contributed by atoms with van der Waals surface area (Å²) >= 11 is 2.10. The molecule has 2 rings (SSSR count). The SMILES string of the molecule is CCCNC1c2cc(OC)ccc2CC1SCCN(C)C. The van der Waals surface area contributed by atoms with Crippen molar-refractivity contribution in [3.8, 4) is 5.75 Å². The topological polar surface area (TPSA) is 24.5 Å². The molecule has 0 saturated carbocycles. The van der Waals surface area contributed by atoms with E-state index in [2.05, 4.69) is 61.2 Å². The van der Waals surface area contributed by atoms with E-state index in [0.717, 1.165) is 18.8 Å². The van der Waals surface area contributed by atoms with E-state index in [4.69, 9.17) is 4.74 Å². The van der Waals surface area contributed by atoms with Crippen molar-refractivity contribution in [2.45, 2.75) is 31.1 Å². The maximum absolute atomic E-state index is 5.40. The number of rotatable bonds is 8. The van der Waals surface area contributed by atoms with Gasteiger partial charge < -0.3 is 15.0 Å². The zero-order valence-corrected chi connectivity index (χ0v) is 14.5. The number of hydrogen-bond acceptors (Lipinski definition) is 4. The average Bonchev–Trinajstić information content (AvgIpc) is 2.81. The third-order valence-corrected chi connectivity index (χ3v) is 5.25. The second kappa shape index (κ2) is 8.06. The molecule has 1 aliphatic rings. The van der Waals surface area contributed by atoms with Crippen molar-refractivity contribution in [2.75, 3.05) is 40.0 Å². The first-order valence-corrected chi connectivity index (χ1v) is 8.87. The van der Waals surface area contributed by atoms with Crippen LogP contribution >= 0.6 is 11.8 Å². The van der Waals surface area contributed by atoms with Crippen LogP contribution in [0.15, 0.2) is 18.2 Å². The van der Waals surface area contributed by atoms with Gasteiger partial charge in [0.2, 0.25) is 0 Å². The van der Waals surface area contributed by atoms with Crippen molar-refractivity contribution in [2.24, 2.45) is 0 Å². The molecule has 0 bridgehead atoms. The van der Waals surface area contributed by atoms with E-state index in [0.29, 0.717) is 11.3 Å². The minimum absolute atomic E-state index is 0.460. The van der Waals surface area contributed by atoms with Gasteiger partial charge in [-0.25, -0.2) is 0 Å². The number of thioether (sulfide) groups is 1. The summed E-state index contributed by atoms with van der Waals surface area (Å²) < 4.78 is 5.40. The second-order valence-electron chi connectivity index (χ2n) is 5.91. The largest absolute Gasteiger partial charge is 0.497 e. The van der Waals surface area contributed by atoms with E-state index in [1.165, 1.54) is 29.7 Å². The van der Waals surface area contributed by atoms with E-state index in [1.807, 2.05) is 0 Å². The summed E-state index contributed by atoms with van der Waals surface area (Å²) in [5.74, 6) is 2.16. The van der Waals surface area contributed by atoms with Crippen LogP contribution in [0.2, 0.25) is 0 Å². The van der Waals surface area contributed by atoms with Crippen LogP contribution in [0.1, 0.15) is 30.5 Å². The Morgan fingerprint density at radius 3 is 2.86 bits per heavy atom. The first-order valence-electron chi connectivity index (χ1n) is 7.82. The molecule has 4 heteroatoms. The lowest BCUT2D eigenvalue weighted by molar-refractivity contribution is 0.413. The quantitative estimate of drug-likeness (QED) is 0.798. The molecule has 0 radical (unpaired) electrons. The van der Waals surface area contributed by atoms with Crippen LogP contribution in [0, 0.1) is 0 Å². The number of nitrogens with zero attached hydrogens (tertiary/aromatic N) is 1. The van der Waals surface area contributed by atoms with Crippen LogP contribution in [0.3, 0.4) is 0 Å². The summed E-state index contributed by atoms with van der Waals surface area (Å²) in [7, 11) is 6.03. The van der Waals surface area contributed by atoms with Gasteiger partial charge in [-0.1, -0.05) is 13.0 Å². The van der Waals surface area contributed by atoms with Crippen LogP contribution in [0.5, 0.6) is 5.75 Å². The molecule has 118 valence electrons. The highest BCUT2D eigenvalue weighted by Gasteiger charge is 2.32. The summed E-state index contributed by atoms with van der Waals surface area (Å²) in [4.78, 5) is 2.26. The highest BCUT2D eigenvalue weighted by Crippen LogP contribution is 2.40. The molecule has 0 fully saturated rings. The molecule has 21 heavy (non-hydrogen) atoms. The van der Waals surface area contributed by atoms with E-state index in [9.17, 15) is 0 Å². The Labute approximate surface area is 133 Å². The van der Waals surface area contributed by atoms with Crippen molar-refractivity contribution in [3.05, 3.63) is 29.3 Å². The van der Waals surface area contributed by atoms with Crippen LogP contribution in [0.4, 0.5) is 0 Å². The second-order valence-corrected chi connectivity index (χ2v) is 7.26. The first-order chi connectivity index (χ1) is 10.2. The van der Waals surface area contributed by atoms with Gasteiger partial charge in [-0.05, 0) is 56.7 Å². The van der Waals surface area contributed by atoms with Gasteiger partial charge in [0, 0.05) is 23.6 Å². The van der Waals surface area contributed by atoms with Crippen LogP contribution in [-0.4, -0.2) is 50.2 Å². The fourth-order valence-corrected chi connectivity index (χ4v) is 4.30. The maximum Gasteiger partial charge on any atom is 0.119 e. The molecule has 3 nitrogen and oxygen atoms in total. The third-order valence-electron chi connectivity index (χ3n) is 3.97. The van der Waals surface area contributed by atoms with E-state index in [-0.39, 0.29) is 0 Å². The molecular weight excluding hydrogens is 280 g/mol. The molecule has 0 aromatic heterocycles. The molecule has 0 saturated heterocycles. The lowest BCUT2D eigenvalue weighted by Gasteiger charge is -2.22. The molecule has 1 aliphatic carbocycles. The normalized spacial score (nSPS) is 20.8. The Bertz CT molecular complexity index is 450. The minimum Gasteiger partial charge on any atom is -0.497 e. The highest BCUT2D eigenvalue weighted by atomic mass is 32.2. The standard InChI is InChI=1S/C17H28N2OS/c1-5-8-18-17-15-12-14(20-4)7-6-13(15)11-16(17)21-10-9-19(2)3/h6-7,12,16-18H,5,8-11H2,1-4H3. The molecular formula is C17H28N2OS. The Morgan fingerprint density at radius 1 is 1.38 bits per heavy atom. The Morgan fingerprint density at radius 2 is 2.19 bits per heavy atom. The van der Waals surface area contributed by atoms with Crippen LogP contribution < -0.4 is 10.1 Å². The summed E-state index contributed by atoms with van der Waals surface area (Å²) in [6.07, 6.45) is 2.34. The Balaban J connectivity index is 2.08. The van der Waals surface area contributed by atoms with Crippen molar-refractivity contribution in [1.82, 2.24) is 10.2 Å². The van der Waals surface area contributed by atoms with Crippen LogP contribution in [0.25, 0.3) is 0 Å². The van der Waals surface area contributed by atoms with Crippen molar-refractivity contribution in [3.63, 3.8) is 0 Å². The Hall–Kier alpha value is -0.710. The third kappa shape index (κ3) is 4.38. The fraction of sp³-hybridized carbons (Fsp3) is 0.647. The van der Waals surface area contributed by atoms with E-state index in [1.54, 1.807) is 7.11 Å². The molecule has 2 atom stereocenters. The maximum atomic E-state index is 5.40. The molecule has 0 aliphatic heterocycles. The van der Waals surface area contributed by atoms with Gasteiger partial charge in [-0.3, -0.25) is 0 Å². The smallest absolute Gasteiger partial charge is 0.119 e. The molecule has 1 aromatic rings. The molecule has 0 heterocycles. The van der Waals surface area contributed by atoms with Crippen molar-refractivity contribution < 1.29 is 4.74 Å². The average molecular weight is 308 g/mol. The van der Waals surface area contributed by atoms with Gasteiger partial charge in [0.15, 0.2) is 0 Å². The lowest BCUT2D eigenvalue weighted by atomic mass is 10.1. The zero-order chi connectivity index (χ0) is 15.2. The summed E-state index contributed by atoms with van der Waals surface area (Å²) in [5, 5.41) is 4.37. The van der Waals surface area contributed by atoms with Gasteiger partial charge in [0.25, 0.3) is 0 Å². The van der Waals surface area contributed by atoms with Crippen molar-refractivity contribution in [1.29, 1.82) is 0 Å². The lowest BCUT2D eigenvalue weighted by Crippen LogP contribution is -2.28. The number of ether oxygens (including phenoxy) is 1.